The van der Waals surface area contributed by atoms with E-state index in [4.69, 9.17) is 22.2 Å². The molecule has 0 saturated carbocycles. The van der Waals surface area contributed by atoms with Crippen molar-refractivity contribution in [3.63, 3.8) is 0 Å². The Morgan fingerprint density at radius 3 is 2.67 bits per heavy atom. The fourth-order valence-electron chi connectivity index (χ4n) is 2.29. The first-order valence-electron chi connectivity index (χ1n) is 6.59. The Kier molecular flexibility index (Phi) is 5.17. The third-order valence-electron chi connectivity index (χ3n) is 3.39. The fourth-order valence-corrected chi connectivity index (χ4v) is 2.40. The maximum atomic E-state index is 13.5. The number of methoxy groups -OCH3 is 1. The molecule has 0 saturated heterocycles. The monoisotopic (exact) mass is 308 g/mol. The third-order valence-corrected chi connectivity index (χ3v) is 3.69. The Balaban J connectivity index is 2.31. The average Bonchev–Trinajstić information content (AvgIpc) is 2.48. The van der Waals surface area contributed by atoms with Gasteiger partial charge in [-0.05, 0) is 37.1 Å². The normalized spacial score (nSPS) is 12.2. The summed E-state index contributed by atoms with van der Waals surface area (Å²) in [6.45, 7) is 2.00. The fraction of sp³-hybridized carbons (Fsp3) is 0.250. The summed E-state index contributed by atoms with van der Waals surface area (Å²) in [6.07, 6.45) is 0.532. The quantitative estimate of drug-likeness (QED) is 0.656. The van der Waals surface area contributed by atoms with Gasteiger partial charge in [-0.3, -0.25) is 11.3 Å². The molecule has 2 aromatic carbocycles. The minimum absolute atomic E-state index is 0.115. The van der Waals surface area contributed by atoms with E-state index in [2.05, 4.69) is 5.43 Å². The smallest absolute Gasteiger partial charge is 0.142 e. The van der Waals surface area contributed by atoms with Crippen LogP contribution >= 0.6 is 11.6 Å². The highest BCUT2D eigenvalue weighted by molar-refractivity contribution is 6.30. The molecule has 0 radical (unpaired) electrons. The third kappa shape index (κ3) is 3.73. The van der Waals surface area contributed by atoms with Gasteiger partial charge >= 0.3 is 0 Å². The molecule has 0 aromatic heterocycles. The van der Waals surface area contributed by atoms with Gasteiger partial charge in [0.05, 0.1) is 18.2 Å². The second kappa shape index (κ2) is 6.89. The van der Waals surface area contributed by atoms with Crippen LogP contribution in [0.1, 0.15) is 22.7 Å². The Hall–Kier alpha value is -1.62. The number of hydrogen-bond acceptors (Lipinski definition) is 3. The largest absolute Gasteiger partial charge is 0.496 e. The summed E-state index contributed by atoms with van der Waals surface area (Å²) < 4.78 is 18.9. The van der Waals surface area contributed by atoms with Gasteiger partial charge in [-0.2, -0.15) is 0 Å². The number of halogens is 2. The van der Waals surface area contributed by atoms with E-state index in [1.807, 2.05) is 25.1 Å². The average molecular weight is 309 g/mol. The van der Waals surface area contributed by atoms with Crippen LogP contribution < -0.4 is 16.0 Å². The van der Waals surface area contributed by atoms with Crippen LogP contribution in [-0.2, 0) is 6.42 Å². The van der Waals surface area contributed by atoms with Crippen LogP contribution in [0.5, 0.6) is 5.75 Å². The summed E-state index contributed by atoms with van der Waals surface area (Å²) in [7, 11) is 1.61. The van der Waals surface area contributed by atoms with E-state index in [1.165, 1.54) is 6.07 Å². The minimum Gasteiger partial charge on any atom is -0.496 e. The van der Waals surface area contributed by atoms with Crippen LogP contribution in [0.4, 0.5) is 4.39 Å². The van der Waals surface area contributed by atoms with Gasteiger partial charge in [-0.25, -0.2) is 4.39 Å². The first-order chi connectivity index (χ1) is 10.0. The molecule has 0 aliphatic heterocycles. The van der Waals surface area contributed by atoms with Gasteiger partial charge in [0, 0.05) is 5.56 Å². The number of hydrazine groups is 1. The van der Waals surface area contributed by atoms with Crippen molar-refractivity contribution in [3.8, 4) is 5.75 Å². The number of rotatable bonds is 5. The number of nitrogens with one attached hydrogen (secondary N) is 1. The predicted molar refractivity (Wildman–Crippen MR) is 82.9 cm³/mol. The van der Waals surface area contributed by atoms with E-state index in [0.717, 1.165) is 22.4 Å². The molecule has 0 heterocycles. The van der Waals surface area contributed by atoms with Crippen LogP contribution in [0.25, 0.3) is 0 Å². The van der Waals surface area contributed by atoms with Crippen LogP contribution in [0.3, 0.4) is 0 Å². The molecule has 21 heavy (non-hydrogen) atoms. The maximum absolute atomic E-state index is 13.5. The van der Waals surface area contributed by atoms with Crippen molar-refractivity contribution >= 4 is 11.6 Å². The van der Waals surface area contributed by atoms with Crippen molar-refractivity contribution in [1.29, 1.82) is 0 Å². The molecule has 1 atom stereocenters. The zero-order chi connectivity index (χ0) is 15.4. The molecule has 3 N–H and O–H groups in total. The Bertz CT molecular complexity index is 634. The SMILES string of the molecule is COc1ccc(C)cc1C(Cc1ccc(Cl)c(F)c1)NN. The zero-order valence-corrected chi connectivity index (χ0v) is 12.7. The van der Waals surface area contributed by atoms with E-state index < -0.39 is 5.82 Å². The minimum atomic E-state index is -0.429. The number of ether oxygens (including phenoxy) is 1. The lowest BCUT2D eigenvalue weighted by Gasteiger charge is -2.20. The van der Waals surface area contributed by atoms with Gasteiger partial charge in [0.15, 0.2) is 0 Å². The summed E-state index contributed by atoms with van der Waals surface area (Å²) in [6, 6.07) is 10.5. The molecule has 0 bridgehead atoms. The van der Waals surface area contributed by atoms with Crippen molar-refractivity contribution in [2.45, 2.75) is 19.4 Å². The molecule has 0 spiro atoms. The highest BCUT2D eigenvalue weighted by atomic mass is 35.5. The Morgan fingerprint density at radius 1 is 1.29 bits per heavy atom. The lowest BCUT2D eigenvalue weighted by Crippen LogP contribution is -2.30. The predicted octanol–water partition coefficient (Wildman–Crippen LogP) is 3.54. The Morgan fingerprint density at radius 2 is 2.05 bits per heavy atom. The molecule has 0 aliphatic rings. The van der Waals surface area contributed by atoms with Gasteiger partial charge in [-0.15, -0.1) is 0 Å². The molecule has 2 rings (SSSR count). The second-order valence-corrected chi connectivity index (χ2v) is 5.32. The van der Waals surface area contributed by atoms with Gasteiger partial charge in [0.25, 0.3) is 0 Å². The van der Waals surface area contributed by atoms with Gasteiger partial charge in [0.2, 0.25) is 0 Å². The number of benzene rings is 2. The van der Waals surface area contributed by atoms with Crippen molar-refractivity contribution in [2.75, 3.05) is 7.11 Å². The standard InChI is InChI=1S/C16H18ClFN2O/c1-10-3-6-16(21-2)12(7-10)15(20-19)9-11-4-5-13(17)14(18)8-11/h3-8,15,20H,9,19H2,1-2H3. The maximum Gasteiger partial charge on any atom is 0.142 e. The summed E-state index contributed by atoms with van der Waals surface area (Å²) in [5.41, 5.74) is 5.62. The van der Waals surface area contributed by atoms with Crippen LogP contribution in [0.2, 0.25) is 5.02 Å². The molecule has 5 heteroatoms. The first-order valence-corrected chi connectivity index (χ1v) is 6.97. The summed E-state index contributed by atoms with van der Waals surface area (Å²) in [5.74, 6) is 5.99. The topological polar surface area (TPSA) is 47.3 Å². The van der Waals surface area contributed by atoms with E-state index in [9.17, 15) is 4.39 Å². The van der Waals surface area contributed by atoms with Crippen molar-refractivity contribution < 1.29 is 9.13 Å². The number of hydrogen-bond donors (Lipinski definition) is 2. The lowest BCUT2D eigenvalue weighted by atomic mass is 9.97. The number of nitrogens with two attached hydrogens (primary N) is 1. The summed E-state index contributed by atoms with van der Waals surface area (Å²) in [5, 5.41) is 0.115. The summed E-state index contributed by atoms with van der Waals surface area (Å²) >= 11 is 5.70. The lowest BCUT2D eigenvalue weighted by molar-refractivity contribution is 0.399. The van der Waals surface area contributed by atoms with Gasteiger partial charge in [-0.1, -0.05) is 35.4 Å². The molecule has 0 aliphatic carbocycles. The van der Waals surface area contributed by atoms with Crippen molar-refractivity contribution in [1.82, 2.24) is 5.43 Å². The van der Waals surface area contributed by atoms with Gasteiger partial charge < -0.3 is 4.74 Å². The summed E-state index contributed by atoms with van der Waals surface area (Å²) in [4.78, 5) is 0. The molecule has 112 valence electrons. The van der Waals surface area contributed by atoms with E-state index in [1.54, 1.807) is 19.2 Å². The molecule has 0 amide bonds. The molecular formula is C16H18ClFN2O. The zero-order valence-electron chi connectivity index (χ0n) is 12.0. The second-order valence-electron chi connectivity index (χ2n) is 4.92. The molecule has 1 unspecified atom stereocenters. The Labute approximate surface area is 128 Å². The van der Waals surface area contributed by atoms with Crippen LogP contribution in [0, 0.1) is 12.7 Å². The molecule has 2 aromatic rings. The van der Waals surface area contributed by atoms with Gasteiger partial charge in [0.1, 0.15) is 11.6 Å². The molecule has 3 nitrogen and oxygen atoms in total. The van der Waals surface area contributed by atoms with Crippen molar-refractivity contribution in [2.24, 2.45) is 5.84 Å². The molecule has 0 fully saturated rings. The highest BCUT2D eigenvalue weighted by Gasteiger charge is 2.16. The van der Waals surface area contributed by atoms with Crippen LogP contribution in [0.15, 0.2) is 36.4 Å². The van der Waals surface area contributed by atoms with E-state index in [0.29, 0.717) is 6.42 Å². The van der Waals surface area contributed by atoms with Crippen LogP contribution in [-0.4, -0.2) is 7.11 Å². The van der Waals surface area contributed by atoms with E-state index in [-0.39, 0.29) is 11.1 Å². The van der Waals surface area contributed by atoms with Crippen molar-refractivity contribution in [3.05, 3.63) is 63.9 Å². The van der Waals surface area contributed by atoms with E-state index >= 15 is 0 Å². The highest BCUT2D eigenvalue weighted by Crippen LogP contribution is 2.29. The molecular weight excluding hydrogens is 291 g/mol. The first kappa shape index (κ1) is 15.8. The number of aryl methyl sites for hydroxylation is 1.